The summed E-state index contributed by atoms with van der Waals surface area (Å²) in [5.41, 5.74) is 1.75. The molecule has 7 rings (SSSR count). The van der Waals surface area contributed by atoms with Gasteiger partial charge in [-0.1, -0.05) is 6.07 Å². The number of aryl methyl sites for hydroxylation is 1. The summed E-state index contributed by atoms with van der Waals surface area (Å²) in [5.74, 6) is 0.953. The molecule has 0 atom stereocenters. The van der Waals surface area contributed by atoms with Crippen LogP contribution in [0.15, 0.2) is 54.9 Å². The number of pyridine rings is 1. The fourth-order valence-electron chi connectivity index (χ4n) is 5.45. The van der Waals surface area contributed by atoms with Crippen LogP contribution in [0.3, 0.4) is 0 Å². The lowest BCUT2D eigenvalue weighted by Gasteiger charge is -2.19. The molecule has 4 aromatic rings. The molecule has 39 heavy (non-hydrogen) atoms. The number of amides is 1. The van der Waals surface area contributed by atoms with Crippen LogP contribution in [0.1, 0.15) is 39.9 Å². The van der Waals surface area contributed by atoms with Gasteiger partial charge in [0.15, 0.2) is 5.82 Å². The van der Waals surface area contributed by atoms with Gasteiger partial charge in [0.1, 0.15) is 18.0 Å². The van der Waals surface area contributed by atoms with Gasteiger partial charge in [-0.3, -0.25) is 9.69 Å². The van der Waals surface area contributed by atoms with Gasteiger partial charge in [0, 0.05) is 24.7 Å². The molecule has 194 valence electrons. The van der Waals surface area contributed by atoms with E-state index in [2.05, 4.69) is 21.2 Å². The molecule has 3 aliphatic rings. The third-order valence-corrected chi connectivity index (χ3v) is 7.79. The van der Waals surface area contributed by atoms with Crippen molar-refractivity contribution in [2.24, 2.45) is 7.05 Å². The van der Waals surface area contributed by atoms with Crippen LogP contribution in [0, 0.1) is 11.3 Å². The Hall–Kier alpha value is -4.72. The van der Waals surface area contributed by atoms with E-state index in [1.807, 2.05) is 13.1 Å². The molecule has 1 aliphatic carbocycles. The summed E-state index contributed by atoms with van der Waals surface area (Å²) in [6.07, 6.45) is -0.911. The normalized spacial score (nSPS) is 16.9. The smallest absolute Gasteiger partial charge is 0.347 e. The fraction of sp³-hybridized carbons (Fsp3) is 0.250. The highest BCUT2D eigenvalue weighted by atomic mass is 19.4. The number of hydrogen-bond donors (Lipinski definition) is 0. The maximum Gasteiger partial charge on any atom is 0.416 e. The summed E-state index contributed by atoms with van der Waals surface area (Å²) < 4.78 is 43.0. The van der Waals surface area contributed by atoms with Crippen molar-refractivity contribution in [1.29, 1.82) is 5.26 Å². The van der Waals surface area contributed by atoms with E-state index in [4.69, 9.17) is 4.98 Å². The van der Waals surface area contributed by atoms with Crippen LogP contribution >= 0.6 is 0 Å². The summed E-state index contributed by atoms with van der Waals surface area (Å²) in [6, 6.07) is 14.7. The van der Waals surface area contributed by atoms with E-state index in [9.17, 15) is 23.2 Å². The molecule has 2 aromatic heterocycles. The highest BCUT2D eigenvalue weighted by Gasteiger charge is 2.62. The monoisotopic (exact) mass is 527 g/mol. The highest BCUT2D eigenvalue weighted by Crippen LogP contribution is 2.56. The fourth-order valence-corrected chi connectivity index (χ4v) is 5.45. The topological polar surface area (TPSA) is 90.7 Å². The maximum absolute atomic E-state index is 13.7. The first kappa shape index (κ1) is 23.4. The van der Waals surface area contributed by atoms with Gasteiger partial charge in [-0.2, -0.15) is 18.4 Å². The molecule has 0 unspecified atom stereocenters. The van der Waals surface area contributed by atoms with Gasteiger partial charge in [0.05, 0.1) is 29.3 Å². The highest BCUT2D eigenvalue weighted by molar-refractivity contribution is 6.10. The quantitative estimate of drug-likeness (QED) is 0.349. The summed E-state index contributed by atoms with van der Waals surface area (Å²) in [5, 5.41) is 17.8. The van der Waals surface area contributed by atoms with Crippen molar-refractivity contribution < 1.29 is 18.0 Å². The third-order valence-electron chi connectivity index (χ3n) is 7.79. The van der Waals surface area contributed by atoms with Crippen molar-refractivity contribution in [3.05, 3.63) is 77.1 Å². The Balaban J connectivity index is 1.39. The molecule has 2 aliphatic heterocycles. The van der Waals surface area contributed by atoms with Crippen LogP contribution in [0.2, 0.25) is 0 Å². The van der Waals surface area contributed by atoms with Gasteiger partial charge in [0.2, 0.25) is 0 Å². The van der Waals surface area contributed by atoms with Crippen LogP contribution in [0.25, 0.3) is 22.5 Å². The molecular weight excluding hydrogens is 507 g/mol. The van der Waals surface area contributed by atoms with E-state index in [0.29, 0.717) is 28.3 Å². The lowest BCUT2D eigenvalue weighted by Crippen LogP contribution is -2.24. The molecule has 1 saturated heterocycles. The number of carbonyl (C=O) groups is 1. The number of carbonyl (C=O) groups excluding carboxylic acids is 1. The number of alkyl halides is 3. The maximum atomic E-state index is 13.7. The number of rotatable bonds is 4. The summed E-state index contributed by atoms with van der Waals surface area (Å²) >= 11 is 0. The van der Waals surface area contributed by atoms with Crippen molar-refractivity contribution in [1.82, 2.24) is 19.7 Å². The largest absolute Gasteiger partial charge is 0.416 e. The Labute approximate surface area is 220 Å². The molecule has 4 heterocycles. The van der Waals surface area contributed by atoms with Crippen LogP contribution < -0.4 is 9.80 Å². The Morgan fingerprint density at radius 3 is 2.49 bits per heavy atom. The molecule has 1 spiro atoms. The predicted octanol–water partition coefficient (Wildman–Crippen LogP) is 4.95. The van der Waals surface area contributed by atoms with Crippen LogP contribution in [-0.4, -0.2) is 37.7 Å². The molecule has 2 aromatic carbocycles. The first-order chi connectivity index (χ1) is 18.7. The Morgan fingerprint density at radius 1 is 1.03 bits per heavy atom. The molecule has 1 saturated carbocycles. The lowest BCUT2D eigenvalue weighted by molar-refractivity contribution is -0.138. The Morgan fingerprint density at radius 2 is 1.82 bits per heavy atom. The van der Waals surface area contributed by atoms with Crippen molar-refractivity contribution in [3.63, 3.8) is 0 Å². The molecule has 2 fully saturated rings. The molecule has 8 nitrogen and oxygen atoms in total. The number of hydrogen-bond acceptors (Lipinski definition) is 6. The van der Waals surface area contributed by atoms with E-state index < -0.39 is 17.6 Å². The zero-order valence-electron chi connectivity index (χ0n) is 20.7. The second-order valence-electron chi connectivity index (χ2n) is 10.2. The molecule has 11 heteroatoms. The first-order valence-electron chi connectivity index (χ1n) is 12.4. The van der Waals surface area contributed by atoms with Gasteiger partial charge in [-0.05, 0) is 72.0 Å². The summed E-state index contributed by atoms with van der Waals surface area (Å²) in [6.45, 7) is 0.600. The van der Waals surface area contributed by atoms with Crippen LogP contribution in [0.4, 0.5) is 24.8 Å². The van der Waals surface area contributed by atoms with E-state index in [1.54, 1.807) is 35.2 Å². The number of halogens is 3. The van der Waals surface area contributed by atoms with E-state index in [-0.39, 0.29) is 29.0 Å². The molecule has 1 amide bonds. The van der Waals surface area contributed by atoms with Crippen molar-refractivity contribution in [2.75, 3.05) is 16.3 Å². The second-order valence-corrected chi connectivity index (χ2v) is 10.2. The molecule has 0 N–H and O–H groups in total. The van der Waals surface area contributed by atoms with Crippen LogP contribution in [0.5, 0.6) is 0 Å². The number of fused-ring (bicyclic) bond motifs is 1. The Kier molecular flexibility index (Phi) is 4.74. The minimum atomic E-state index is -4.58. The number of nitrogens with zero attached hydrogens (tertiary/aromatic N) is 7. The van der Waals surface area contributed by atoms with E-state index >= 15 is 0 Å². The van der Waals surface area contributed by atoms with Crippen LogP contribution in [-0.2, 0) is 19.8 Å². The van der Waals surface area contributed by atoms with Gasteiger partial charge < -0.3 is 9.47 Å². The molecule has 0 bridgehead atoms. The average molecular weight is 528 g/mol. The lowest BCUT2D eigenvalue weighted by atomic mass is 9.97. The van der Waals surface area contributed by atoms with Crippen molar-refractivity contribution in [3.8, 4) is 28.6 Å². The van der Waals surface area contributed by atoms with Gasteiger partial charge in [-0.25, -0.2) is 4.98 Å². The van der Waals surface area contributed by atoms with Crippen molar-refractivity contribution in [2.45, 2.75) is 31.1 Å². The van der Waals surface area contributed by atoms with Gasteiger partial charge in [-0.15, -0.1) is 10.2 Å². The second kappa shape index (κ2) is 7.89. The van der Waals surface area contributed by atoms with Gasteiger partial charge in [0.25, 0.3) is 5.91 Å². The van der Waals surface area contributed by atoms with E-state index in [0.717, 1.165) is 31.0 Å². The number of nitriles is 1. The number of anilines is 2. The van der Waals surface area contributed by atoms with Gasteiger partial charge >= 0.3 is 6.18 Å². The minimum absolute atomic E-state index is 0.0234. The average Bonchev–Trinajstić information content (AvgIpc) is 3.78. The minimum Gasteiger partial charge on any atom is -0.347 e. The zero-order chi connectivity index (χ0) is 27.1. The van der Waals surface area contributed by atoms with E-state index in [1.165, 1.54) is 17.0 Å². The summed E-state index contributed by atoms with van der Waals surface area (Å²) in [4.78, 5) is 21.6. The molecular formula is C28H20F3N7O. The predicted molar refractivity (Wildman–Crippen MR) is 136 cm³/mol. The SMILES string of the molecule is Cn1cnnc1-c1ccc(C#N)cc1-c1cc(N2Cc3c(cccc3C(F)(F)F)C2=O)nc(N2CC23CC3)c1. The standard InChI is InChI=1S/C28H20F3N7O/c1-36-15-33-35-25(36)18-6-5-16(12-32)9-20(18)17-10-23(34-24(11-17)38-14-27(38)7-8-27)37-13-21-19(26(37)39)3-2-4-22(21)28(29,30)31/h2-6,9-11,15H,7-8,13-14H2,1H3. The third kappa shape index (κ3) is 3.66. The Bertz CT molecular complexity index is 1730. The van der Waals surface area contributed by atoms with Crippen molar-refractivity contribution >= 4 is 17.5 Å². The number of benzene rings is 2. The first-order valence-corrected chi connectivity index (χ1v) is 12.4. The molecule has 0 radical (unpaired) electrons. The summed E-state index contributed by atoms with van der Waals surface area (Å²) in [7, 11) is 1.81. The number of aromatic nitrogens is 4. The zero-order valence-corrected chi connectivity index (χ0v) is 20.7.